The Labute approximate surface area is 248 Å². The second kappa shape index (κ2) is 21.3. The zero-order chi connectivity index (χ0) is 29.0. The van der Waals surface area contributed by atoms with E-state index in [-0.39, 0.29) is 23.5 Å². The van der Waals surface area contributed by atoms with Crippen molar-refractivity contribution >= 4 is 21.9 Å². The molecule has 1 aromatic heterocycles. The summed E-state index contributed by atoms with van der Waals surface area (Å²) < 4.78 is 12.7. The number of aliphatic hydroxyl groups excluding tert-OH is 1. The minimum absolute atomic E-state index is 0.195. The Morgan fingerprint density at radius 1 is 0.900 bits per heavy atom. The predicted molar refractivity (Wildman–Crippen MR) is 163 cm³/mol. The average molecular weight is 630 g/mol. The van der Waals surface area contributed by atoms with Gasteiger partial charge in [-0.25, -0.2) is 4.79 Å². The molecular weight excluding hydrogens is 576 g/mol. The quantitative estimate of drug-likeness (QED) is 0.0970. The van der Waals surface area contributed by atoms with Crippen molar-refractivity contribution in [3.05, 3.63) is 31.5 Å². The van der Waals surface area contributed by atoms with Gasteiger partial charge >= 0.3 is 11.7 Å². The number of carbonyl (C=O) groups is 1. The number of carbonyl (C=O) groups excluding carboxylic acids is 1. The van der Waals surface area contributed by atoms with Gasteiger partial charge in [0.2, 0.25) is 0 Å². The fourth-order valence-corrected chi connectivity index (χ4v) is 5.73. The van der Waals surface area contributed by atoms with E-state index in [1.807, 2.05) is 0 Å². The lowest BCUT2D eigenvalue weighted by atomic mass is 10.0. The molecule has 0 amide bonds. The second-order valence-electron chi connectivity index (χ2n) is 11.3. The third kappa shape index (κ3) is 13.9. The van der Waals surface area contributed by atoms with Crippen LogP contribution in [0.15, 0.2) is 20.3 Å². The summed E-state index contributed by atoms with van der Waals surface area (Å²) >= 11 is 3.10. The van der Waals surface area contributed by atoms with Crippen LogP contribution >= 0.6 is 15.9 Å². The van der Waals surface area contributed by atoms with E-state index in [2.05, 4.69) is 27.8 Å². The van der Waals surface area contributed by atoms with E-state index < -0.39 is 29.7 Å². The fourth-order valence-electron chi connectivity index (χ4n) is 5.41. The number of halogens is 1. The molecule has 2 rings (SSSR count). The minimum atomic E-state index is -0.731. The summed E-state index contributed by atoms with van der Waals surface area (Å²) in [6, 6.07) is 0. The first kappa shape index (κ1) is 34.7. The summed E-state index contributed by atoms with van der Waals surface area (Å²) in [5.41, 5.74) is -1.14. The van der Waals surface area contributed by atoms with Crippen molar-refractivity contribution in [1.29, 1.82) is 0 Å². The average Bonchev–Trinajstić information content (AvgIpc) is 3.34. The summed E-state index contributed by atoms with van der Waals surface area (Å²) in [6.45, 7) is 1.95. The van der Waals surface area contributed by atoms with Gasteiger partial charge in [0.15, 0.2) is 0 Å². The molecule has 0 spiro atoms. The lowest BCUT2D eigenvalue weighted by Gasteiger charge is -2.16. The summed E-state index contributed by atoms with van der Waals surface area (Å²) in [5, 5.41) is 9.66. The third-order valence-corrected chi connectivity index (χ3v) is 8.43. The van der Waals surface area contributed by atoms with Crippen molar-refractivity contribution in [2.75, 3.05) is 6.61 Å². The van der Waals surface area contributed by atoms with E-state index in [9.17, 15) is 19.5 Å². The van der Waals surface area contributed by atoms with Gasteiger partial charge in [-0.1, -0.05) is 122 Å². The Morgan fingerprint density at radius 3 is 1.85 bits per heavy atom. The van der Waals surface area contributed by atoms with Gasteiger partial charge in [0.25, 0.3) is 5.56 Å². The first-order chi connectivity index (χ1) is 19.5. The highest BCUT2D eigenvalue weighted by Crippen LogP contribution is 2.30. The number of aliphatic hydroxyl groups is 1. The number of hydrogen-bond donors (Lipinski definition) is 2. The van der Waals surface area contributed by atoms with Gasteiger partial charge in [0.05, 0.1) is 11.1 Å². The maximum atomic E-state index is 12.4. The molecule has 0 unspecified atom stereocenters. The molecule has 1 aliphatic rings. The van der Waals surface area contributed by atoms with Crippen molar-refractivity contribution in [3.8, 4) is 0 Å². The number of hydrogen-bond acceptors (Lipinski definition) is 6. The molecule has 230 valence electrons. The normalized spacial score (nSPS) is 18.8. The summed E-state index contributed by atoms with van der Waals surface area (Å²) in [5.74, 6) is -0.310. The number of ether oxygens (including phenoxy) is 2. The number of unbranched alkanes of at least 4 members (excludes halogenated alkanes) is 18. The van der Waals surface area contributed by atoms with Gasteiger partial charge in [-0.2, -0.15) is 0 Å². The molecule has 2 N–H and O–H groups in total. The number of H-pyrrole nitrogens is 1. The lowest BCUT2D eigenvalue weighted by Crippen LogP contribution is -2.32. The molecular formula is C31H53BrN2O6. The molecule has 1 aliphatic heterocycles. The fraction of sp³-hybridized carbons (Fsp3) is 0.839. The van der Waals surface area contributed by atoms with E-state index in [0.29, 0.717) is 6.42 Å². The summed E-state index contributed by atoms with van der Waals surface area (Å²) in [7, 11) is 0. The van der Waals surface area contributed by atoms with Crippen LogP contribution in [-0.4, -0.2) is 39.4 Å². The number of esters is 1. The Kier molecular flexibility index (Phi) is 18.5. The van der Waals surface area contributed by atoms with Gasteiger partial charge in [-0.15, -0.1) is 0 Å². The summed E-state index contributed by atoms with van der Waals surface area (Å²) in [6.07, 6.45) is 24.6. The van der Waals surface area contributed by atoms with Gasteiger partial charge in [-0.3, -0.25) is 19.1 Å². The number of nitrogens with one attached hydrogen (secondary N) is 1. The minimum Gasteiger partial charge on any atom is -0.459 e. The van der Waals surface area contributed by atoms with Crippen molar-refractivity contribution in [1.82, 2.24) is 9.55 Å². The molecule has 8 nitrogen and oxygen atoms in total. The first-order valence-electron chi connectivity index (χ1n) is 15.9. The predicted octanol–water partition coefficient (Wildman–Crippen LogP) is 7.31. The van der Waals surface area contributed by atoms with E-state index in [1.54, 1.807) is 0 Å². The molecule has 1 saturated heterocycles. The molecule has 0 aromatic carbocycles. The molecule has 0 radical (unpaired) electrons. The number of rotatable bonds is 23. The Balaban J connectivity index is 1.43. The van der Waals surface area contributed by atoms with E-state index in [0.717, 1.165) is 19.3 Å². The van der Waals surface area contributed by atoms with Crippen LogP contribution in [0.1, 0.15) is 148 Å². The Hall–Kier alpha value is -1.45. The Bertz CT molecular complexity index is 933. The van der Waals surface area contributed by atoms with E-state index >= 15 is 0 Å². The molecule has 1 fully saturated rings. The highest BCUT2D eigenvalue weighted by Gasteiger charge is 2.39. The van der Waals surface area contributed by atoms with Crippen LogP contribution in [0.4, 0.5) is 0 Å². The second-order valence-corrected chi connectivity index (χ2v) is 12.2. The van der Waals surface area contributed by atoms with Crippen LogP contribution in [0.5, 0.6) is 0 Å². The first-order valence-corrected chi connectivity index (χ1v) is 16.7. The van der Waals surface area contributed by atoms with Crippen LogP contribution in [0, 0.1) is 0 Å². The zero-order valence-electron chi connectivity index (χ0n) is 24.7. The van der Waals surface area contributed by atoms with Crippen molar-refractivity contribution in [3.63, 3.8) is 0 Å². The van der Waals surface area contributed by atoms with Crippen LogP contribution in [0.3, 0.4) is 0 Å². The number of aromatic amines is 1. The maximum Gasteiger partial charge on any atom is 0.330 e. The van der Waals surface area contributed by atoms with Crippen molar-refractivity contribution < 1.29 is 19.4 Å². The lowest BCUT2D eigenvalue weighted by molar-refractivity contribution is -0.153. The molecule has 2 heterocycles. The third-order valence-electron chi connectivity index (χ3n) is 7.86. The molecule has 0 bridgehead atoms. The zero-order valence-corrected chi connectivity index (χ0v) is 26.3. The molecule has 1 aromatic rings. The van der Waals surface area contributed by atoms with Crippen molar-refractivity contribution in [2.45, 2.75) is 160 Å². The van der Waals surface area contributed by atoms with Crippen molar-refractivity contribution in [2.24, 2.45) is 0 Å². The smallest absolute Gasteiger partial charge is 0.330 e. The van der Waals surface area contributed by atoms with Crippen LogP contribution < -0.4 is 11.2 Å². The molecule has 3 atom stereocenters. The summed E-state index contributed by atoms with van der Waals surface area (Å²) in [4.78, 5) is 38.3. The highest BCUT2D eigenvalue weighted by atomic mass is 79.9. The Morgan fingerprint density at radius 2 is 1.38 bits per heavy atom. The van der Waals surface area contributed by atoms with Gasteiger partial charge in [0.1, 0.15) is 18.4 Å². The molecule has 0 aliphatic carbocycles. The highest BCUT2D eigenvalue weighted by molar-refractivity contribution is 9.10. The molecule has 0 saturated carbocycles. The van der Waals surface area contributed by atoms with Crippen LogP contribution in [-0.2, 0) is 14.3 Å². The van der Waals surface area contributed by atoms with Crippen LogP contribution in [0.25, 0.3) is 0 Å². The standard InChI is InChI=1S/C31H53BrN2O6/c1-2-3-4-5-6-7-8-9-10-11-12-13-14-15-16-17-18-19-20-21-29(36)40-26-22-28(39-27(26)24-35)34-23-25(32)30(37)33-31(34)38/h23,26-28,35H,2-22,24H2,1H3,(H,33,37,38)/t26-,27+,28+/m0/s1. The molecule has 40 heavy (non-hydrogen) atoms. The van der Waals surface area contributed by atoms with Gasteiger partial charge < -0.3 is 14.6 Å². The van der Waals surface area contributed by atoms with E-state index in [4.69, 9.17) is 9.47 Å². The maximum absolute atomic E-state index is 12.4. The SMILES string of the molecule is CCCCCCCCCCCCCCCCCCCCCC(=O)O[C@H]1C[C@H](n2cc(Br)c(=O)[nH]c2=O)O[C@@H]1CO. The van der Waals surface area contributed by atoms with Gasteiger partial charge in [0, 0.05) is 19.0 Å². The van der Waals surface area contributed by atoms with Gasteiger partial charge in [-0.05, 0) is 22.4 Å². The largest absolute Gasteiger partial charge is 0.459 e. The van der Waals surface area contributed by atoms with Crippen LogP contribution in [0.2, 0.25) is 0 Å². The topological polar surface area (TPSA) is 111 Å². The number of nitrogens with zero attached hydrogens (tertiary/aromatic N) is 1. The number of aromatic nitrogens is 2. The molecule has 9 heteroatoms. The monoisotopic (exact) mass is 628 g/mol. The van der Waals surface area contributed by atoms with E-state index in [1.165, 1.54) is 113 Å².